The van der Waals surface area contributed by atoms with Crippen LogP contribution in [0.5, 0.6) is 0 Å². The molecule has 0 radical (unpaired) electrons. The molecule has 2 amide bonds. The molecule has 29 heavy (non-hydrogen) atoms. The van der Waals surface area contributed by atoms with Crippen molar-refractivity contribution in [2.75, 3.05) is 0 Å². The van der Waals surface area contributed by atoms with E-state index in [0.29, 0.717) is 27.4 Å². The summed E-state index contributed by atoms with van der Waals surface area (Å²) in [5.41, 5.74) is 9.22. The molecule has 2 aromatic carbocycles. The Bertz CT molecular complexity index is 1200. The Morgan fingerprint density at radius 3 is 2.83 bits per heavy atom. The summed E-state index contributed by atoms with van der Waals surface area (Å²) in [6, 6.07) is 11.9. The molecule has 0 bridgehead atoms. The molecule has 2 aromatic heterocycles. The highest BCUT2D eigenvalue weighted by Crippen LogP contribution is 2.28. The molecule has 9 heteroatoms. The maximum Gasteiger partial charge on any atom is 0.255 e. The van der Waals surface area contributed by atoms with Gasteiger partial charge in [-0.15, -0.1) is 0 Å². The lowest BCUT2D eigenvalue weighted by atomic mass is 10.0. The van der Waals surface area contributed by atoms with Crippen LogP contribution in [0.2, 0.25) is 5.02 Å². The Kier molecular flexibility index (Phi) is 5.01. The van der Waals surface area contributed by atoms with Crippen LogP contribution in [0.15, 0.2) is 55.0 Å². The van der Waals surface area contributed by atoms with E-state index in [0.717, 1.165) is 11.1 Å². The van der Waals surface area contributed by atoms with Crippen molar-refractivity contribution in [1.82, 2.24) is 25.5 Å². The number of carbonyl (C=O) groups is 2. The molecule has 0 spiro atoms. The zero-order valence-corrected chi connectivity index (χ0v) is 15.9. The third kappa shape index (κ3) is 3.83. The van der Waals surface area contributed by atoms with Gasteiger partial charge in [0, 0.05) is 10.6 Å². The summed E-state index contributed by atoms with van der Waals surface area (Å²) in [6.45, 7) is 0. The maximum atomic E-state index is 13.0. The van der Waals surface area contributed by atoms with Gasteiger partial charge in [-0.2, -0.15) is 5.10 Å². The lowest BCUT2D eigenvalue weighted by molar-refractivity contribution is -0.118. The minimum Gasteiger partial charge on any atom is -0.370 e. The van der Waals surface area contributed by atoms with E-state index >= 15 is 0 Å². The number of nitrogens with one attached hydrogen (secondary N) is 3. The van der Waals surface area contributed by atoms with Gasteiger partial charge in [0.2, 0.25) is 5.91 Å². The number of nitrogens with zero attached hydrogens (tertiary/aromatic N) is 2. The van der Waals surface area contributed by atoms with Crippen molar-refractivity contribution in [2.24, 2.45) is 5.73 Å². The molecule has 1 atom stereocenters. The van der Waals surface area contributed by atoms with E-state index in [4.69, 9.17) is 17.3 Å². The number of halogens is 1. The van der Waals surface area contributed by atoms with E-state index in [9.17, 15) is 9.59 Å². The van der Waals surface area contributed by atoms with Crippen LogP contribution < -0.4 is 11.1 Å². The van der Waals surface area contributed by atoms with Gasteiger partial charge in [0.15, 0.2) is 0 Å². The Balaban J connectivity index is 1.67. The number of hydrogen-bond donors (Lipinski definition) is 4. The fourth-order valence-corrected chi connectivity index (χ4v) is 3.44. The first-order valence-corrected chi connectivity index (χ1v) is 9.21. The fourth-order valence-electron chi connectivity index (χ4n) is 3.24. The van der Waals surface area contributed by atoms with Crippen molar-refractivity contribution in [3.05, 3.63) is 71.1 Å². The van der Waals surface area contributed by atoms with Gasteiger partial charge in [0.1, 0.15) is 0 Å². The van der Waals surface area contributed by atoms with Gasteiger partial charge in [0.25, 0.3) is 5.91 Å². The number of H-pyrrole nitrogens is 2. The zero-order valence-electron chi connectivity index (χ0n) is 15.1. The molecule has 4 aromatic rings. The Labute approximate surface area is 170 Å². The van der Waals surface area contributed by atoms with Gasteiger partial charge in [-0.25, -0.2) is 4.98 Å². The van der Waals surface area contributed by atoms with Gasteiger partial charge in [-0.3, -0.25) is 14.7 Å². The molecular formula is C20H17ClN6O2. The molecule has 4 rings (SSSR count). The van der Waals surface area contributed by atoms with Crippen LogP contribution in [0.4, 0.5) is 0 Å². The number of para-hydroxylation sites is 1. The largest absolute Gasteiger partial charge is 0.370 e. The van der Waals surface area contributed by atoms with Crippen LogP contribution in [0.3, 0.4) is 0 Å². The van der Waals surface area contributed by atoms with Crippen molar-refractivity contribution in [3.63, 3.8) is 0 Å². The second-order valence-electron chi connectivity index (χ2n) is 6.51. The highest BCUT2D eigenvalue weighted by atomic mass is 35.5. The van der Waals surface area contributed by atoms with Gasteiger partial charge >= 0.3 is 0 Å². The molecule has 0 aliphatic heterocycles. The van der Waals surface area contributed by atoms with Crippen LogP contribution in [-0.2, 0) is 4.79 Å². The van der Waals surface area contributed by atoms with Crippen LogP contribution in [-0.4, -0.2) is 32.0 Å². The highest BCUT2D eigenvalue weighted by molar-refractivity contribution is 6.30. The standard InChI is InChI=1S/C20H17ClN6O2/c21-12-4-1-3-11(7-12)16(8-17(22)28)26-20(29)14-9-25-27-18(14)13-5-2-6-15-19(13)24-10-23-15/h1-7,9-10,16H,8H2,(H2,22,28)(H,23,24)(H,25,27)(H,26,29)/t16-/m0/s1. The van der Waals surface area contributed by atoms with E-state index in [1.54, 1.807) is 30.6 Å². The van der Waals surface area contributed by atoms with E-state index in [1.165, 1.54) is 6.20 Å². The molecule has 0 saturated heterocycles. The monoisotopic (exact) mass is 408 g/mol. The van der Waals surface area contributed by atoms with Gasteiger partial charge in [-0.1, -0.05) is 35.9 Å². The summed E-state index contributed by atoms with van der Waals surface area (Å²) < 4.78 is 0. The summed E-state index contributed by atoms with van der Waals surface area (Å²) in [4.78, 5) is 32.0. The average Bonchev–Trinajstić information content (AvgIpc) is 3.36. The lowest BCUT2D eigenvalue weighted by Crippen LogP contribution is -2.32. The minimum atomic E-state index is -0.623. The molecule has 8 nitrogen and oxygen atoms in total. The van der Waals surface area contributed by atoms with Crippen LogP contribution >= 0.6 is 11.6 Å². The first-order valence-electron chi connectivity index (χ1n) is 8.83. The van der Waals surface area contributed by atoms with Gasteiger partial charge < -0.3 is 16.0 Å². The van der Waals surface area contributed by atoms with Crippen molar-refractivity contribution < 1.29 is 9.59 Å². The van der Waals surface area contributed by atoms with Crippen molar-refractivity contribution in [2.45, 2.75) is 12.5 Å². The third-order valence-electron chi connectivity index (χ3n) is 4.56. The highest BCUT2D eigenvalue weighted by Gasteiger charge is 2.22. The van der Waals surface area contributed by atoms with Gasteiger partial charge in [-0.05, 0) is 23.8 Å². The first-order chi connectivity index (χ1) is 14.0. The number of carbonyl (C=O) groups excluding carboxylic acids is 2. The molecule has 146 valence electrons. The number of aromatic amines is 2. The summed E-state index contributed by atoms with van der Waals surface area (Å²) >= 11 is 6.06. The van der Waals surface area contributed by atoms with Crippen LogP contribution in [0, 0.1) is 0 Å². The van der Waals surface area contributed by atoms with E-state index in [-0.39, 0.29) is 6.42 Å². The molecular weight excluding hydrogens is 392 g/mol. The van der Waals surface area contributed by atoms with E-state index < -0.39 is 17.9 Å². The summed E-state index contributed by atoms with van der Waals surface area (Å²) in [5, 5.41) is 10.3. The van der Waals surface area contributed by atoms with E-state index in [1.807, 2.05) is 18.2 Å². The topological polar surface area (TPSA) is 130 Å². The predicted molar refractivity (Wildman–Crippen MR) is 109 cm³/mol. The smallest absolute Gasteiger partial charge is 0.255 e. The molecule has 0 unspecified atom stereocenters. The summed E-state index contributed by atoms with van der Waals surface area (Å²) in [7, 11) is 0. The summed E-state index contributed by atoms with van der Waals surface area (Å²) in [5.74, 6) is -0.934. The molecule has 2 heterocycles. The number of fused-ring (bicyclic) bond motifs is 1. The lowest BCUT2D eigenvalue weighted by Gasteiger charge is -2.18. The second kappa shape index (κ2) is 7.76. The number of nitrogens with two attached hydrogens (primary N) is 1. The Morgan fingerprint density at radius 1 is 1.21 bits per heavy atom. The molecule has 0 saturated carbocycles. The number of rotatable bonds is 6. The van der Waals surface area contributed by atoms with Crippen molar-refractivity contribution in [1.29, 1.82) is 0 Å². The molecule has 5 N–H and O–H groups in total. The molecule has 0 fully saturated rings. The number of amides is 2. The Hall–Kier alpha value is -3.65. The molecule has 0 aliphatic rings. The number of primary amides is 1. The average molecular weight is 409 g/mol. The fraction of sp³-hybridized carbons (Fsp3) is 0.100. The van der Waals surface area contributed by atoms with Gasteiger partial charge in [0.05, 0.1) is 47.3 Å². The third-order valence-corrected chi connectivity index (χ3v) is 4.80. The number of benzene rings is 2. The second-order valence-corrected chi connectivity index (χ2v) is 6.95. The van der Waals surface area contributed by atoms with Crippen LogP contribution in [0.25, 0.3) is 22.3 Å². The van der Waals surface area contributed by atoms with Crippen molar-refractivity contribution in [3.8, 4) is 11.3 Å². The number of imidazole rings is 1. The normalized spacial score (nSPS) is 12.0. The Morgan fingerprint density at radius 2 is 2.03 bits per heavy atom. The quantitative estimate of drug-likeness (QED) is 0.390. The van der Waals surface area contributed by atoms with E-state index in [2.05, 4.69) is 25.5 Å². The summed E-state index contributed by atoms with van der Waals surface area (Å²) in [6.07, 6.45) is 2.97. The first kappa shape index (κ1) is 18.7. The number of hydrogen-bond acceptors (Lipinski definition) is 4. The van der Waals surface area contributed by atoms with Crippen LogP contribution in [0.1, 0.15) is 28.4 Å². The minimum absolute atomic E-state index is 0.0613. The number of aromatic nitrogens is 4. The predicted octanol–water partition coefficient (Wildman–Crippen LogP) is 2.95. The molecule has 0 aliphatic carbocycles. The zero-order chi connectivity index (χ0) is 20.4. The SMILES string of the molecule is NC(=O)C[C@H](NC(=O)c1cn[nH]c1-c1cccc2[nH]cnc12)c1cccc(Cl)c1. The maximum absolute atomic E-state index is 13.0. The van der Waals surface area contributed by atoms with Crippen molar-refractivity contribution >= 4 is 34.4 Å².